The molecule has 0 spiro atoms. The van der Waals surface area contributed by atoms with Crippen molar-refractivity contribution in [1.29, 1.82) is 0 Å². The summed E-state index contributed by atoms with van der Waals surface area (Å²) < 4.78 is 3.90. The molecule has 0 aliphatic rings. The molecule has 1 N–H and O–H groups in total. The number of likely N-dealkylation sites (N-methyl/N-ethyl adjacent to an activating group) is 1. The highest BCUT2D eigenvalue weighted by molar-refractivity contribution is 7.09. The summed E-state index contributed by atoms with van der Waals surface area (Å²) in [6, 6.07) is 7.31. The average molecular weight is 339 g/mol. The van der Waals surface area contributed by atoms with E-state index in [-0.39, 0.29) is 5.91 Å². The molecular weight excluding hydrogens is 320 g/mol. The second kappa shape index (κ2) is 8.22. The van der Waals surface area contributed by atoms with Crippen molar-refractivity contribution in [2.45, 2.75) is 13.8 Å². The maximum atomic E-state index is 12.3. The van der Waals surface area contributed by atoms with E-state index in [1.54, 1.807) is 12.1 Å². The zero-order valence-corrected chi connectivity index (χ0v) is 14.2. The predicted molar refractivity (Wildman–Crippen MR) is 90.5 cm³/mol. The summed E-state index contributed by atoms with van der Waals surface area (Å²) in [5, 5.41) is 7.52. The summed E-state index contributed by atoms with van der Waals surface area (Å²) in [7, 11) is 0. The molecule has 118 valence electrons. The van der Waals surface area contributed by atoms with Gasteiger partial charge in [-0.05, 0) is 42.3 Å². The van der Waals surface area contributed by atoms with Crippen molar-refractivity contribution in [3.63, 3.8) is 0 Å². The lowest BCUT2D eigenvalue weighted by Crippen LogP contribution is -2.35. The molecule has 0 saturated heterocycles. The van der Waals surface area contributed by atoms with Crippen molar-refractivity contribution in [3.05, 3.63) is 35.0 Å². The molecule has 22 heavy (non-hydrogen) atoms. The van der Waals surface area contributed by atoms with Crippen LogP contribution in [0.15, 0.2) is 24.3 Å². The highest BCUT2D eigenvalue weighted by Gasteiger charge is 2.17. The van der Waals surface area contributed by atoms with Crippen LogP contribution < -0.4 is 5.32 Å². The summed E-state index contributed by atoms with van der Waals surface area (Å²) >= 11 is 7.10. The Labute approximate surface area is 139 Å². The highest BCUT2D eigenvalue weighted by atomic mass is 35.5. The molecule has 0 fully saturated rings. The van der Waals surface area contributed by atoms with E-state index < -0.39 is 0 Å². The maximum absolute atomic E-state index is 12.3. The SMILES string of the molecule is CCN(CC)CCNC(=O)c1nnsc1-c1ccc(Cl)cc1. The van der Waals surface area contributed by atoms with Crippen LogP contribution in [0.1, 0.15) is 24.3 Å². The first-order valence-corrected chi connectivity index (χ1v) is 8.39. The first-order valence-electron chi connectivity index (χ1n) is 7.24. The number of aromatic nitrogens is 2. The zero-order valence-electron chi connectivity index (χ0n) is 12.7. The first kappa shape index (κ1) is 16.9. The number of carbonyl (C=O) groups excluding carboxylic acids is 1. The number of amides is 1. The van der Waals surface area contributed by atoms with E-state index in [1.165, 1.54) is 11.5 Å². The van der Waals surface area contributed by atoms with Crippen molar-refractivity contribution >= 4 is 29.0 Å². The summed E-state index contributed by atoms with van der Waals surface area (Å²) in [6.45, 7) is 7.58. The lowest BCUT2D eigenvalue weighted by molar-refractivity contribution is 0.0944. The lowest BCUT2D eigenvalue weighted by Gasteiger charge is -2.17. The van der Waals surface area contributed by atoms with Crippen LogP contribution in [0.2, 0.25) is 5.02 Å². The molecule has 0 bridgehead atoms. The van der Waals surface area contributed by atoms with Gasteiger partial charge in [-0.3, -0.25) is 4.79 Å². The van der Waals surface area contributed by atoms with E-state index in [4.69, 9.17) is 11.6 Å². The number of hydrogen-bond acceptors (Lipinski definition) is 5. The fraction of sp³-hybridized carbons (Fsp3) is 0.400. The highest BCUT2D eigenvalue weighted by Crippen LogP contribution is 2.27. The number of benzene rings is 1. The number of halogens is 1. The lowest BCUT2D eigenvalue weighted by atomic mass is 10.1. The number of rotatable bonds is 7. The van der Waals surface area contributed by atoms with Crippen LogP contribution in [0, 0.1) is 0 Å². The fourth-order valence-electron chi connectivity index (χ4n) is 2.08. The number of carbonyl (C=O) groups is 1. The topological polar surface area (TPSA) is 58.1 Å². The van der Waals surface area contributed by atoms with E-state index >= 15 is 0 Å². The third-order valence-electron chi connectivity index (χ3n) is 3.42. The third kappa shape index (κ3) is 4.25. The minimum Gasteiger partial charge on any atom is -0.349 e. The van der Waals surface area contributed by atoms with Gasteiger partial charge in [0, 0.05) is 18.1 Å². The summed E-state index contributed by atoms with van der Waals surface area (Å²) in [5.74, 6) is -0.189. The van der Waals surface area contributed by atoms with Crippen LogP contribution in [0.4, 0.5) is 0 Å². The smallest absolute Gasteiger partial charge is 0.273 e. The monoisotopic (exact) mass is 338 g/mol. The van der Waals surface area contributed by atoms with Gasteiger partial charge in [-0.25, -0.2) is 0 Å². The van der Waals surface area contributed by atoms with E-state index in [2.05, 4.69) is 33.7 Å². The van der Waals surface area contributed by atoms with Crippen molar-refractivity contribution in [1.82, 2.24) is 19.8 Å². The second-order valence-electron chi connectivity index (χ2n) is 4.74. The Bertz CT molecular complexity index is 610. The van der Waals surface area contributed by atoms with Gasteiger partial charge in [0.2, 0.25) is 0 Å². The fourth-order valence-corrected chi connectivity index (χ4v) is 2.87. The Morgan fingerprint density at radius 2 is 1.95 bits per heavy atom. The van der Waals surface area contributed by atoms with Crippen molar-refractivity contribution in [2.75, 3.05) is 26.2 Å². The number of hydrogen-bond donors (Lipinski definition) is 1. The molecular formula is C15H19ClN4OS. The molecule has 0 aliphatic heterocycles. The molecule has 1 aromatic carbocycles. The Morgan fingerprint density at radius 1 is 1.27 bits per heavy atom. The molecule has 0 radical (unpaired) electrons. The summed E-state index contributed by atoms with van der Waals surface area (Å²) in [4.78, 5) is 15.3. The molecule has 0 saturated carbocycles. The van der Waals surface area contributed by atoms with Crippen LogP contribution in [0.5, 0.6) is 0 Å². The van der Waals surface area contributed by atoms with Gasteiger partial charge >= 0.3 is 0 Å². The molecule has 0 aliphatic carbocycles. The summed E-state index contributed by atoms with van der Waals surface area (Å²) in [5.41, 5.74) is 1.26. The molecule has 2 rings (SSSR count). The van der Waals surface area contributed by atoms with Gasteiger partial charge in [-0.2, -0.15) is 0 Å². The van der Waals surface area contributed by atoms with Gasteiger partial charge < -0.3 is 10.2 Å². The van der Waals surface area contributed by atoms with E-state index in [1.807, 2.05) is 12.1 Å². The average Bonchev–Trinajstić information content (AvgIpc) is 3.02. The van der Waals surface area contributed by atoms with Crippen molar-refractivity contribution in [2.24, 2.45) is 0 Å². The molecule has 2 aromatic rings. The number of nitrogens with one attached hydrogen (secondary N) is 1. The molecule has 1 aromatic heterocycles. The van der Waals surface area contributed by atoms with Crippen LogP contribution in [-0.4, -0.2) is 46.6 Å². The largest absolute Gasteiger partial charge is 0.349 e. The van der Waals surface area contributed by atoms with Crippen LogP contribution in [0.25, 0.3) is 10.4 Å². The maximum Gasteiger partial charge on any atom is 0.273 e. The molecule has 5 nitrogen and oxygen atoms in total. The molecule has 0 unspecified atom stereocenters. The zero-order chi connectivity index (χ0) is 15.9. The molecule has 1 heterocycles. The van der Waals surface area contributed by atoms with Gasteiger partial charge in [0.25, 0.3) is 5.91 Å². The van der Waals surface area contributed by atoms with Gasteiger partial charge in [-0.1, -0.05) is 42.1 Å². The van der Waals surface area contributed by atoms with Crippen LogP contribution in [0.3, 0.4) is 0 Å². The Hall–Kier alpha value is -1.50. The molecule has 1 amide bonds. The Kier molecular flexibility index (Phi) is 6.30. The molecule has 7 heteroatoms. The van der Waals surface area contributed by atoms with E-state index in [9.17, 15) is 4.79 Å². The van der Waals surface area contributed by atoms with E-state index in [0.29, 0.717) is 17.3 Å². The Morgan fingerprint density at radius 3 is 2.59 bits per heavy atom. The van der Waals surface area contributed by atoms with Crippen LogP contribution >= 0.6 is 23.1 Å². The van der Waals surface area contributed by atoms with Crippen molar-refractivity contribution in [3.8, 4) is 10.4 Å². The second-order valence-corrected chi connectivity index (χ2v) is 5.93. The third-order valence-corrected chi connectivity index (χ3v) is 4.44. The van der Waals surface area contributed by atoms with Crippen molar-refractivity contribution < 1.29 is 4.79 Å². The standard InChI is InChI=1S/C15H19ClN4OS/c1-3-20(4-2)10-9-17-15(21)13-14(22-19-18-13)11-5-7-12(16)8-6-11/h5-8H,3-4,9-10H2,1-2H3,(H,17,21). The van der Waals surface area contributed by atoms with Gasteiger partial charge in [0.15, 0.2) is 5.69 Å². The Balaban J connectivity index is 2.02. The predicted octanol–water partition coefficient (Wildman–Crippen LogP) is 2.93. The quantitative estimate of drug-likeness (QED) is 0.843. The number of nitrogens with zero attached hydrogens (tertiary/aromatic N) is 3. The van der Waals surface area contributed by atoms with Gasteiger partial charge in [0.05, 0.1) is 4.88 Å². The van der Waals surface area contributed by atoms with E-state index in [0.717, 1.165) is 30.1 Å². The first-order chi connectivity index (χ1) is 10.7. The van der Waals surface area contributed by atoms with Crippen LogP contribution in [-0.2, 0) is 0 Å². The van der Waals surface area contributed by atoms with Gasteiger partial charge in [-0.15, -0.1) is 5.10 Å². The minimum atomic E-state index is -0.189. The minimum absolute atomic E-state index is 0.189. The summed E-state index contributed by atoms with van der Waals surface area (Å²) in [6.07, 6.45) is 0. The van der Waals surface area contributed by atoms with Gasteiger partial charge in [0.1, 0.15) is 0 Å². The normalized spacial score (nSPS) is 10.9. The molecule has 0 atom stereocenters.